The van der Waals surface area contributed by atoms with E-state index in [0.29, 0.717) is 5.56 Å². The topological polar surface area (TPSA) is 68.0 Å². The molecule has 2 aromatic rings. The lowest BCUT2D eigenvalue weighted by Gasteiger charge is -2.12. The van der Waals surface area contributed by atoms with Gasteiger partial charge < -0.3 is 11.1 Å². The number of nitrogens with zero attached hydrogens (tertiary/aromatic N) is 1. The number of rotatable bonds is 2. The fourth-order valence-electron chi connectivity index (χ4n) is 1.76. The molecule has 1 amide bonds. The second kappa shape index (κ2) is 5.43. The Hall–Kier alpha value is -2.57. The minimum absolute atomic E-state index is 0.109. The summed E-state index contributed by atoms with van der Waals surface area (Å²) in [6, 6.07) is 6.14. The van der Waals surface area contributed by atoms with E-state index in [0.717, 1.165) is 18.2 Å². The SMILES string of the molecule is Cc1cccnc1C(=O)Nc1ccc(C(F)(F)F)cc1N. The quantitative estimate of drug-likeness (QED) is 0.836. The molecule has 4 nitrogen and oxygen atoms in total. The van der Waals surface area contributed by atoms with Gasteiger partial charge in [-0.1, -0.05) is 6.07 Å². The third-order valence-corrected chi connectivity index (χ3v) is 2.85. The Labute approximate surface area is 118 Å². The highest BCUT2D eigenvalue weighted by Gasteiger charge is 2.30. The Kier molecular flexibility index (Phi) is 3.84. The molecule has 0 saturated heterocycles. The van der Waals surface area contributed by atoms with Crippen LogP contribution in [0.5, 0.6) is 0 Å². The van der Waals surface area contributed by atoms with Crippen LogP contribution in [-0.4, -0.2) is 10.9 Å². The van der Waals surface area contributed by atoms with Gasteiger partial charge in [0.1, 0.15) is 5.69 Å². The van der Waals surface area contributed by atoms with Crippen molar-refractivity contribution in [3.05, 3.63) is 53.3 Å². The first-order valence-electron chi connectivity index (χ1n) is 5.98. The first-order chi connectivity index (χ1) is 9.79. The standard InChI is InChI=1S/C14H12F3N3O/c1-8-3-2-6-19-12(8)13(21)20-11-5-4-9(7-10(11)18)14(15,16)17/h2-7H,18H2,1H3,(H,20,21). The molecule has 0 unspecified atom stereocenters. The molecule has 2 rings (SSSR count). The number of halogens is 3. The Morgan fingerprint density at radius 1 is 1.29 bits per heavy atom. The van der Waals surface area contributed by atoms with Gasteiger partial charge in [0.15, 0.2) is 0 Å². The summed E-state index contributed by atoms with van der Waals surface area (Å²) in [6.45, 7) is 1.71. The van der Waals surface area contributed by atoms with Crippen LogP contribution in [0.2, 0.25) is 0 Å². The molecule has 0 aliphatic rings. The van der Waals surface area contributed by atoms with Crippen molar-refractivity contribution in [2.45, 2.75) is 13.1 Å². The van der Waals surface area contributed by atoms with Gasteiger partial charge >= 0.3 is 6.18 Å². The molecule has 0 aliphatic carbocycles. The first kappa shape index (κ1) is 14.8. The molecule has 1 aromatic heterocycles. The molecule has 0 saturated carbocycles. The first-order valence-corrected chi connectivity index (χ1v) is 5.98. The van der Waals surface area contributed by atoms with Crippen molar-refractivity contribution in [3.8, 4) is 0 Å². The summed E-state index contributed by atoms with van der Waals surface area (Å²) in [5.74, 6) is -0.528. The number of aromatic nitrogens is 1. The zero-order chi connectivity index (χ0) is 15.6. The molecule has 0 fully saturated rings. The van der Waals surface area contributed by atoms with Crippen molar-refractivity contribution in [2.75, 3.05) is 11.1 Å². The molecular weight excluding hydrogens is 283 g/mol. The molecule has 1 heterocycles. The number of nitrogens with one attached hydrogen (secondary N) is 1. The molecule has 3 N–H and O–H groups in total. The van der Waals surface area contributed by atoms with E-state index in [4.69, 9.17) is 5.73 Å². The molecule has 21 heavy (non-hydrogen) atoms. The van der Waals surface area contributed by atoms with Gasteiger partial charge in [-0.3, -0.25) is 9.78 Å². The molecular formula is C14H12F3N3O. The summed E-state index contributed by atoms with van der Waals surface area (Å²) in [7, 11) is 0. The van der Waals surface area contributed by atoms with Crippen LogP contribution in [0.15, 0.2) is 36.5 Å². The van der Waals surface area contributed by atoms with E-state index in [1.807, 2.05) is 0 Å². The van der Waals surface area contributed by atoms with E-state index < -0.39 is 17.6 Å². The van der Waals surface area contributed by atoms with E-state index in [2.05, 4.69) is 10.3 Å². The van der Waals surface area contributed by atoms with Crippen molar-refractivity contribution < 1.29 is 18.0 Å². The van der Waals surface area contributed by atoms with Crippen LogP contribution in [0.1, 0.15) is 21.6 Å². The van der Waals surface area contributed by atoms with Crippen molar-refractivity contribution in [2.24, 2.45) is 0 Å². The van der Waals surface area contributed by atoms with E-state index >= 15 is 0 Å². The monoisotopic (exact) mass is 295 g/mol. The average Bonchev–Trinajstić information content (AvgIpc) is 2.40. The van der Waals surface area contributed by atoms with Gasteiger partial charge in [0, 0.05) is 6.20 Å². The Morgan fingerprint density at radius 2 is 2.00 bits per heavy atom. The van der Waals surface area contributed by atoms with Gasteiger partial charge in [-0.15, -0.1) is 0 Å². The van der Waals surface area contributed by atoms with Crippen LogP contribution in [0.25, 0.3) is 0 Å². The Bertz CT molecular complexity index is 683. The maximum Gasteiger partial charge on any atom is 0.416 e. The third kappa shape index (κ3) is 3.31. The fraction of sp³-hybridized carbons (Fsp3) is 0.143. The zero-order valence-electron chi connectivity index (χ0n) is 11.0. The second-order valence-corrected chi connectivity index (χ2v) is 4.42. The molecule has 1 aromatic carbocycles. The number of carbonyl (C=O) groups is 1. The summed E-state index contributed by atoms with van der Waals surface area (Å²) in [5.41, 5.74) is 5.47. The number of anilines is 2. The van der Waals surface area contributed by atoms with Crippen LogP contribution in [0.4, 0.5) is 24.5 Å². The van der Waals surface area contributed by atoms with Gasteiger partial charge in [-0.2, -0.15) is 13.2 Å². The van der Waals surface area contributed by atoms with Gasteiger partial charge in [0.25, 0.3) is 5.91 Å². The number of hydrogen-bond acceptors (Lipinski definition) is 3. The number of hydrogen-bond donors (Lipinski definition) is 2. The van der Waals surface area contributed by atoms with Gasteiger partial charge in [0.05, 0.1) is 16.9 Å². The molecule has 7 heteroatoms. The van der Waals surface area contributed by atoms with E-state index in [1.54, 1.807) is 19.1 Å². The maximum absolute atomic E-state index is 12.5. The summed E-state index contributed by atoms with van der Waals surface area (Å²) < 4.78 is 37.6. The lowest BCUT2D eigenvalue weighted by molar-refractivity contribution is -0.137. The predicted octanol–water partition coefficient (Wildman–Crippen LogP) is 3.24. The molecule has 0 spiro atoms. The number of benzene rings is 1. The molecule has 0 atom stereocenters. The largest absolute Gasteiger partial charge is 0.416 e. The van der Waals surface area contributed by atoms with Crippen LogP contribution >= 0.6 is 0 Å². The number of carbonyl (C=O) groups excluding carboxylic acids is 1. The Balaban J connectivity index is 2.25. The minimum Gasteiger partial charge on any atom is -0.397 e. The highest BCUT2D eigenvalue weighted by Crippen LogP contribution is 2.32. The number of amides is 1. The molecule has 0 aliphatic heterocycles. The Morgan fingerprint density at radius 3 is 2.57 bits per heavy atom. The molecule has 110 valence electrons. The minimum atomic E-state index is -4.48. The second-order valence-electron chi connectivity index (χ2n) is 4.42. The van der Waals surface area contributed by atoms with Gasteiger partial charge in [-0.05, 0) is 36.8 Å². The van der Waals surface area contributed by atoms with Crippen LogP contribution in [0.3, 0.4) is 0 Å². The van der Waals surface area contributed by atoms with Crippen molar-refractivity contribution >= 4 is 17.3 Å². The summed E-state index contributed by atoms with van der Waals surface area (Å²) in [5, 5.41) is 2.45. The average molecular weight is 295 g/mol. The summed E-state index contributed by atoms with van der Waals surface area (Å²) >= 11 is 0. The zero-order valence-corrected chi connectivity index (χ0v) is 11.0. The number of aryl methyl sites for hydroxylation is 1. The van der Waals surface area contributed by atoms with Crippen LogP contribution < -0.4 is 11.1 Å². The predicted molar refractivity (Wildman–Crippen MR) is 72.8 cm³/mol. The smallest absolute Gasteiger partial charge is 0.397 e. The molecule has 0 radical (unpaired) electrons. The number of pyridine rings is 1. The summed E-state index contributed by atoms with van der Waals surface area (Å²) in [6.07, 6.45) is -3.02. The number of nitrogens with two attached hydrogens (primary N) is 1. The maximum atomic E-state index is 12.5. The van der Waals surface area contributed by atoms with Crippen molar-refractivity contribution in [3.63, 3.8) is 0 Å². The lowest BCUT2D eigenvalue weighted by Crippen LogP contribution is -2.16. The lowest BCUT2D eigenvalue weighted by atomic mass is 10.1. The van der Waals surface area contributed by atoms with Crippen LogP contribution in [-0.2, 0) is 6.18 Å². The number of alkyl halides is 3. The van der Waals surface area contributed by atoms with Crippen molar-refractivity contribution in [1.29, 1.82) is 0 Å². The van der Waals surface area contributed by atoms with Gasteiger partial charge in [-0.25, -0.2) is 0 Å². The summed E-state index contributed by atoms with van der Waals surface area (Å²) in [4.78, 5) is 15.9. The van der Waals surface area contributed by atoms with E-state index in [1.165, 1.54) is 6.20 Å². The molecule has 0 bridgehead atoms. The van der Waals surface area contributed by atoms with Crippen LogP contribution in [0, 0.1) is 6.92 Å². The van der Waals surface area contributed by atoms with Gasteiger partial charge in [0.2, 0.25) is 0 Å². The normalized spacial score (nSPS) is 11.2. The fourth-order valence-corrected chi connectivity index (χ4v) is 1.76. The van der Waals surface area contributed by atoms with Crippen molar-refractivity contribution in [1.82, 2.24) is 4.98 Å². The highest BCUT2D eigenvalue weighted by atomic mass is 19.4. The highest BCUT2D eigenvalue weighted by molar-refractivity contribution is 6.05. The third-order valence-electron chi connectivity index (χ3n) is 2.85. The van der Waals surface area contributed by atoms with E-state index in [-0.39, 0.29) is 17.1 Å². The number of nitrogen functional groups attached to an aromatic ring is 1. The van der Waals surface area contributed by atoms with E-state index in [9.17, 15) is 18.0 Å².